The fraction of sp³-hybridized carbons (Fsp3) is 0.667. The molecule has 6 heteroatoms. The van der Waals surface area contributed by atoms with E-state index >= 15 is 0 Å². The summed E-state index contributed by atoms with van der Waals surface area (Å²) in [5.74, 6) is 1.75. The van der Waals surface area contributed by atoms with Crippen molar-refractivity contribution in [3.8, 4) is 0 Å². The van der Waals surface area contributed by atoms with Crippen molar-refractivity contribution in [2.45, 2.75) is 32.2 Å². The first-order valence-electron chi connectivity index (χ1n) is 9.73. The summed E-state index contributed by atoms with van der Waals surface area (Å²) >= 11 is 0. The number of benzene rings is 1. The molecule has 0 radical (unpaired) electrons. The van der Waals surface area contributed by atoms with Gasteiger partial charge >= 0.3 is 0 Å². The lowest BCUT2D eigenvalue weighted by Gasteiger charge is -2.29. The van der Waals surface area contributed by atoms with Gasteiger partial charge in [-0.15, -0.1) is 24.0 Å². The molecule has 0 saturated carbocycles. The molecule has 1 heterocycles. The van der Waals surface area contributed by atoms with E-state index in [2.05, 4.69) is 72.4 Å². The molecule has 0 aliphatic carbocycles. The molecule has 1 atom stereocenters. The van der Waals surface area contributed by atoms with Crippen molar-refractivity contribution in [3.63, 3.8) is 0 Å². The smallest absolute Gasteiger partial charge is 0.193 e. The Kier molecular flexibility index (Phi) is 11.3. The molecular weight excluding hydrogens is 451 g/mol. The van der Waals surface area contributed by atoms with Crippen molar-refractivity contribution in [2.75, 3.05) is 54.5 Å². The predicted molar refractivity (Wildman–Crippen MR) is 125 cm³/mol. The topological polar surface area (TPSA) is 40.1 Å². The van der Waals surface area contributed by atoms with Crippen LogP contribution >= 0.6 is 24.0 Å². The average Bonchev–Trinajstić information content (AvgIpc) is 2.65. The SMILES string of the molecule is CN=C(NCC(c1ccc(C)cc1)N(C)C)N(C)CCC1CCOCC1.I. The average molecular weight is 488 g/mol. The Bertz CT molecular complexity index is 556. The van der Waals surface area contributed by atoms with Crippen LogP contribution in [0.3, 0.4) is 0 Å². The van der Waals surface area contributed by atoms with E-state index in [1.165, 1.54) is 30.4 Å². The summed E-state index contributed by atoms with van der Waals surface area (Å²) in [6, 6.07) is 9.12. The fourth-order valence-electron chi connectivity index (χ4n) is 3.48. The molecule has 1 aromatic rings. The Hall–Kier alpha value is -0.860. The number of aryl methyl sites for hydroxylation is 1. The number of hydrogen-bond acceptors (Lipinski definition) is 3. The summed E-state index contributed by atoms with van der Waals surface area (Å²) < 4.78 is 5.46. The van der Waals surface area contributed by atoms with Crippen LogP contribution in [0.2, 0.25) is 0 Å². The van der Waals surface area contributed by atoms with Crippen LogP contribution in [0.1, 0.15) is 36.4 Å². The van der Waals surface area contributed by atoms with Crippen LogP contribution in [-0.4, -0.2) is 70.3 Å². The first-order chi connectivity index (χ1) is 12.5. The third-order valence-electron chi connectivity index (χ3n) is 5.33. The van der Waals surface area contributed by atoms with Gasteiger partial charge in [0.25, 0.3) is 0 Å². The number of rotatable bonds is 7. The van der Waals surface area contributed by atoms with E-state index in [1.54, 1.807) is 0 Å². The van der Waals surface area contributed by atoms with Crippen LogP contribution in [0, 0.1) is 12.8 Å². The highest BCUT2D eigenvalue weighted by Crippen LogP contribution is 2.19. The van der Waals surface area contributed by atoms with Gasteiger partial charge in [0.2, 0.25) is 0 Å². The van der Waals surface area contributed by atoms with Crippen molar-refractivity contribution < 1.29 is 4.74 Å². The molecule has 0 spiro atoms. The molecule has 2 rings (SSSR count). The minimum absolute atomic E-state index is 0. The number of nitrogens with one attached hydrogen (secondary N) is 1. The van der Waals surface area contributed by atoms with Gasteiger partial charge < -0.3 is 19.9 Å². The van der Waals surface area contributed by atoms with Gasteiger partial charge in [0.05, 0.1) is 6.04 Å². The van der Waals surface area contributed by atoms with Gasteiger partial charge in [-0.2, -0.15) is 0 Å². The molecule has 27 heavy (non-hydrogen) atoms. The molecule has 1 aromatic carbocycles. The van der Waals surface area contributed by atoms with Crippen LogP contribution in [0.25, 0.3) is 0 Å². The predicted octanol–water partition coefficient (Wildman–Crippen LogP) is 3.54. The van der Waals surface area contributed by atoms with Gasteiger partial charge in [0, 0.05) is 40.4 Å². The van der Waals surface area contributed by atoms with Crippen LogP contribution in [0.4, 0.5) is 0 Å². The molecule has 1 aliphatic rings. The zero-order valence-electron chi connectivity index (χ0n) is 17.6. The summed E-state index contributed by atoms with van der Waals surface area (Å²) in [6.07, 6.45) is 3.58. The van der Waals surface area contributed by atoms with Crippen molar-refractivity contribution in [1.29, 1.82) is 0 Å². The van der Waals surface area contributed by atoms with E-state index in [9.17, 15) is 0 Å². The second kappa shape index (κ2) is 12.6. The number of ether oxygens (including phenoxy) is 1. The first-order valence-corrected chi connectivity index (χ1v) is 9.73. The lowest BCUT2D eigenvalue weighted by Crippen LogP contribution is -2.43. The van der Waals surface area contributed by atoms with Gasteiger partial charge in [-0.25, -0.2) is 0 Å². The van der Waals surface area contributed by atoms with E-state index in [-0.39, 0.29) is 24.0 Å². The Morgan fingerprint density at radius 2 is 1.81 bits per heavy atom. The fourth-order valence-corrected chi connectivity index (χ4v) is 3.48. The van der Waals surface area contributed by atoms with Crippen LogP contribution in [-0.2, 0) is 4.74 Å². The Labute approximate surface area is 182 Å². The highest BCUT2D eigenvalue weighted by molar-refractivity contribution is 14.0. The highest BCUT2D eigenvalue weighted by Gasteiger charge is 2.18. The second-order valence-corrected chi connectivity index (χ2v) is 7.58. The molecule has 0 bridgehead atoms. The van der Waals surface area contributed by atoms with Crippen molar-refractivity contribution in [3.05, 3.63) is 35.4 Å². The molecule has 1 unspecified atom stereocenters. The van der Waals surface area contributed by atoms with E-state index in [1.807, 2.05) is 7.05 Å². The van der Waals surface area contributed by atoms with Gasteiger partial charge in [-0.1, -0.05) is 29.8 Å². The molecule has 0 amide bonds. The van der Waals surface area contributed by atoms with Crippen molar-refractivity contribution in [2.24, 2.45) is 10.9 Å². The second-order valence-electron chi connectivity index (χ2n) is 7.58. The standard InChI is InChI=1S/C21H36N4O.HI/c1-17-6-8-19(9-7-17)20(24(3)4)16-23-21(22-2)25(5)13-10-18-11-14-26-15-12-18;/h6-9,18,20H,10-16H2,1-5H3,(H,22,23);1H. The zero-order valence-corrected chi connectivity index (χ0v) is 19.9. The summed E-state index contributed by atoms with van der Waals surface area (Å²) in [7, 11) is 8.25. The number of aliphatic imine (C=N–C) groups is 1. The lowest BCUT2D eigenvalue weighted by atomic mass is 9.96. The Morgan fingerprint density at radius 1 is 1.19 bits per heavy atom. The molecule has 154 valence electrons. The van der Waals surface area contributed by atoms with Crippen molar-refractivity contribution in [1.82, 2.24) is 15.1 Å². The largest absolute Gasteiger partial charge is 0.381 e. The lowest BCUT2D eigenvalue weighted by molar-refractivity contribution is 0.0625. The maximum Gasteiger partial charge on any atom is 0.193 e. The quantitative estimate of drug-likeness (QED) is 0.362. The summed E-state index contributed by atoms with van der Waals surface area (Å²) in [6.45, 7) is 5.83. The molecule has 1 aliphatic heterocycles. The normalized spacial score (nSPS) is 16.7. The van der Waals surface area contributed by atoms with E-state index < -0.39 is 0 Å². The number of nitrogens with zero attached hydrogens (tertiary/aromatic N) is 3. The molecule has 5 nitrogen and oxygen atoms in total. The number of likely N-dealkylation sites (N-methyl/N-ethyl adjacent to an activating group) is 1. The maximum absolute atomic E-state index is 5.46. The molecule has 1 fully saturated rings. The summed E-state index contributed by atoms with van der Waals surface area (Å²) in [4.78, 5) is 8.98. The molecule has 1 N–H and O–H groups in total. The van der Waals surface area contributed by atoms with Crippen molar-refractivity contribution >= 4 is 29.9 Å². The van der Waals surface area contributed by atoms with Crippen LogP contribution < -0.4 is 5.32 Å². The molecule has 1 saturated heterocycles. The third-order valence-corrected chi connectivity index (χ3v) is 5.33. The summed E-state index contributed by atoms with van der Waals surface area (Å²) in [5, 5.41) is 3.56. The molecule has 0 aromatic heterocycles. The summed E-state index contributed by atoms with van der Waals surface area (Å²) in [5.41, 5.74) is 2.62. The van der Waals surface area contributed by atoms with Gasteiger partial charge in [-0.3, -0.25) is 4.99 Å². The number of hydrogen-bond donors (Lipinski definition) is 1. The maximum atomic E-state index is 5.46. The Morgan fingerprint density at radius 3 is 2.37 bits per heavy atom. The Balaban J connectivity index is 0.00000364. The highest BCUT2D eigenvalue weighted by atomic mass is 127. The third kappa shape index (κ3) is 7.95. The molecular formula is C21H37IN4O. The number of guanidine groups is 1. The number of halogens is 1. The minimum Gasteiger partial charge on any atom is -0.381 e. The first kappa shape index (κ1) is 24.2. The monoisotopic (exact) mass is 488 g/mol. The van der Waals surface area contributed by atoms with Gasteiger partial charge in [0.15, 0.2) is 5.96 Å². The van der Waals surface area contributed by atoms with Crippen LogP contribution in [0.15, 0.2) is 29.3 Å². The van der Waals surface area contributed by atoms with E-state index in [0.717, 1.165) is 38.2 Å². The van der Waals surface area contributed by atoms with E-state index in [4.69, 9.17) is 4.74 Å². The zero-order chi connectivity index (χ0) is 18.9. The van der Waals surface area contributed by atoms with Gasteiger partial charge in [-0.05, 0) is 51.8 Å². The van der Waals surface area contributed by atoms with Crippen LogP contribution in [0.5, 0.6) is 0 Å². The van der Waals surface area contributed by atoms with E-state index in [0.29, 0.717) is 6.04 Å². The minimum atomic E-state index is 0. The van der Waals surface area contributed by atoms with Gasteiger partial charge in [0.1, 0.15) is 0 Å².